The predicted octanol–water partition coefficient (Wildman–Crippen LogP) is 2.82. The highest BCUT2D eigenvalue weighted by molar-refractivity contribution is 5.20. The molecule has 1 aromatic heterocycles. The molecule has 0 spiro atoms. The number of likely N-dealkylation sites (tertiary alicyclic amines) is 1. The van der Waals surface area contributed by atoms with Crippen LogP contribution in [0.2, 0.25) is 0 Å². The minimum Gasteiger partial charge on any atom is -0.368 e. The molecule has 0 amide bonds. The maximum atomic E-state index is 5.69. The normalized spacial score (nSPS) is 27.8. The molecule has 1 aliphatic carbocycles. The van der Waals surface area contributed by atoms with Crippen LogP contribution in [0.25, 0.3) is 0 Å². The predicted molar refractivity (Wildman–Crippen MR) is 81.4 cm³/mol. The van der Waals surface area contributed by atoms with Crippen LogP contribution in [-0.4, -0.2) is 34.0 Å². The Bertz CT molecular complexity index is 463. The van der Waals surface area contributed by atoms with Crippen molar-refractivity contribution in [2.24, 2.45) is 5.41 Å². The Morgan fingerprint density at radius 1 is 1.25 bits per heavy atom. The zero-order chi connectivity index (χ0) is 14.2. The molecule has 1 atom stereocenters. The molecule has 1 aliphatic heterocycles. The molecule has 110 valence electrons. The number of hydrogen-bond acceptors (Lipinski definition) is 4. The Labute approximate surface area is 121 Å². The van der Waals surface area contributed by atoms with Crippen molar-refractivity contribution in [1.82, 2.24) is 14.9 Å². The Kier molecular flexibility index (Phi) is 3.67. The molecule has 2 N–H and O–H groups in total. The van der Waals surface area contributed by atoms with Crippen LogP contribution in [0.1, 0.15) is 57.6 Å². The van der Waals surface area contributed by atoms with Gasteiger partial charge in [0.15, 0.2) is 0 Å². The van der Waals surface area contributed by atoms with Gasteiger partial charge in [0.1, 0.15) is 0 Å². The van der Waals surface area contributed by atoms with Gasteiger partial charge in [-0.15, -0.1) is 0 Å². The third-order valence-electron chi connectivity index (χ3n) is 5.10. The number of hydrogen-bond donors (Lipinski definition) is 1. The van der Waals surface area contributed by atoms with Crippen LogP contribution >= 0.6 is 0 Å². The maximum absolute atomic E-state index is 5.69. The second kappa shape index (κ2) is 5.32. The lowest BCUT2D eigenvalue weighted by Gasteiger charge is -2.36. The first-order chi connectivity index (χ1) is 9.53. The van der Waals surface area contributed by atoms with Gasteiger partial charge in [0.05, 0.1) is 0 Å². The number of nitrogens with two attached hydrogens (primary N) is 1. The van der Waals surface area contributed by atoms with E-state index in [0.717, 1.165) is 11.7 Å². The molecule has 2 aliphatic rings. The highest BCUT2D eigenvalue weighted by Crippen LogP contribution is 2.41. The van der Waals surface area contributed by atoms with E-state index >= 15 is 0 Å². The summed E-state index contributed by atoms with van der Waals surface area (Å²) in [6.45, 7) is 7.22. The topological polar surface area (TPSA) is 55.0 Å². The zero-order valence-corrected chi connectivity index (χ0v) is 12.7. The van der Waals surface area contributed by atoms with E-state index in [2.05, 4.69) is 28.7 Å². The molecule has 1 unspecified atom stereocenters. The van der Waals surface area contributed by atoms with Crippen molar-refractivity contribution in [2.45, 2.75) is 57.9 Å². The van der Waals surface area contributed by atoms with Crippen molar-refractivity contribution < 1.29 is 0 Å². The number of nitrogen functional groups attached to an aromatic ring is 1. The average molecular weight is 274 g/mol. The summed E-state index contributed by atoms with van der Waals surface area (Å²) in [5, 5.41) is 0. The Morgan fingerprint density at radius 2 is 2.00 bits per heavy atom. The summed E-state index contributed by atoms with van der Waals surface area (Å²) in [6.07, 6.45) is 8.29. The minimum atomic E-state index is 0.405. The standard InChI is InChI=1S/C16H26N4/c1-16(2)7-3-13(11-16)20-9-5-12(6-10-20)14-4-8-18-15(17)19-14/h4,8,12-13H,3,5-7,9-11H2,1-2H3,(H2,17,18,19). The van der Waals surface area contributed by atoms with E-state index < -0.39 is 0 Å². The van der Waals surface area contributed by atoms with Crippen LogP contribution in [-0.2, 0) is 0 Å². The van der Waals surface area contributed by atoms with Crippen molar-refractivity contribution in [3.8, 4) is 0 Å². The molecule has 4 heteroatoms. The number of rotatable bonds is 2. The summed E-state index contributed by atoms with van der Waals surface area (Å²) in [4.78, 5) is 11.1. The van der Waals surface area contributed by atoms with Gasteiger partial charge in [-0.05, 0) is 56.7 Å². The van der Waals surface area contributed by atoms with E-state index in [1.165, 1.54) is 45.2 Å². The number of aromatic nitrogens is 2. The first kappa shape index (κ1) is 13.8. The third kappa shape index (κ3) is 2.95. The monoisotopic (exact) mass is 274 g/mol. The number of piperidine rings is 1. The first-order valence-corrected chi connectivity index (χ1v) is 7.86. The van der Waals surface area contributed by atoms with E-state index in [0.29, 0.717) is 17.3 Å². The lowest BCUT2D eigenvalue weighted by Crippen LogP contribution is -2.40. The number of nitrogens with zero attached hydrogens (tertiary/aromatic N) is 3. The summed E-state index contributed by atoms with van der Waals surface area (Å²) in [5.74, 6) is 0.966. The van der Waals surface area contributed by atoms with Gasteiger partial charge < -0.3 is 10.6 Å². The molecule has 0 aromatic carbocycles. The van der Waals surface area contributed by atoms with E-state index in [1.54, 1.807) is 6.20 Å². The molecule has 0 bridgehead atoms. The molecule has 2 heterocycles. The average Bonchev–Trinajstić information content (AvgIpc) is 2.79. The first-order valence-electron chi connectivity index (χ1n) is 7.86. The maximum Gasteiger partial charge on any atom is 0.220 e. The van der Waals surface area contributed by atoms with Crippen LogP contribution < -0.4 is 5.73 Å². The highest BCUT2D eigenvalue weighted by Gasteiger charge is 2.35. The van der Waals surface area contributed by atoms with Crippen molar-refractivity contribution >= 4 is 5.95 Å². The Morgan fingerprint density at radius 3 is 2.60 bits per heavy atom. The van der Waals surface area contributed by atoms with E-state index in [9.17, 15) is 0 Å². The third-order valence-corrected chi connectivity index (χ3v) is 5.10. The Hall–Kier alpha value is -1.16. The molecule has 20 heavy (non-hydrogen) atoms. The van der Waals surface area contributed by atoms with E-state index in [4.69, 9.17) is 5.73 Å². The zero-order valence-electron chi connectivity index (χ0n) is 12.7. The molecule has 3 rings (SSSR count). The quantitative estimate of drug-likeness (QED) is 0.901. The Balaban J connectivity index is 1.57. The fraction of sp³-hybridized carbons (Fsp3) is 0.750. The SMILES string of the molecule is CC1(C)CCC(N2CCC(c3ccnc(N)n3)CC2)C1. The molecular formula is C16H26N4. The smallest absolute Gasteiger partial charge is 0.220 e. The molecule has 1 saturated heterocycles. The molecule has 0 radical (unpaired) electrons. The molecular weight excluding hydrogens is 248 g/mol. The van der Waals surface area contributed by atoms with Gasteiger partial charge in [0.2, 0.25) is 5.95 Å². The van der Waals surface area contributed by atoms with Gasteiger partial charge >= 0.3 is 0 Å². The summed E-state index contributed by atoms with van der Waals surface area (Å²) in [5.41, 5.74) is 7.36. The van der Waals surface area contributed by atoms with Crippen LogP contribution in [0.4, 0.5) is 5.95 Å². The van der Waals surface area contributed by atoms with Crippen molar-refractivity contribution in [3.05, 3.63) is 18.0 Å². The lowest BCUT2D eigenvalue weighted by molar-refractivity contribution is 0.145. The summed E-state index contributed by atoms with van der Waals surface area (Å²) in [7, 11) is 0. The summed E-state index contributed by atoms with van der Waals surface area (Å²) >= 11 is 0. The molecule has 1 saturated carbocycles. The van der Waals surface area contributed by atoms with Gasteiger partial charge in [-0.1, -0.05) is 13.8 Å². The van der Waals surface area contributed by atoms with Crippen LogP contribution in [0, 0.1) is 5.41 Å². The van der Waals surface area contributed by atoms with Crippen molar-refractivity contribution in [3.63, 3.8) is 0 Å². The van der Waals surface area contributed by atoms with Crippen LogP contribution in [0.5, 0.6) is 0 Å². The van der Waals surface area contributed by atoms with Crippen molar-refractivity contribution in [1.29, 1.82) is 0 Å². The van der Waals surface area contributed by atoms with Crippen LogP contribution in [0.3, 0.4) is 0 Å². The largest absolute Gasteiger partial charge is 0.368 e. The fourth-order valence-electron chi connectivity index (χ4n) is 3.89. The van der Waals surface area contributed by atoms with Crippen molar-refractivity contribution in [2.75, 3.05) is 18.8 Å². The van der Waals surface area contributed by atoms with Gasteiger partial charge in [-0.25, -0.2) is 9.97 Å². The minimum absolute atomic E-state index is 0.405. The molecule has 1 aromatic rings. The molecule has 2 fully saturated rings. The second-order valence-electron chi connectivity index (χ2n) is 7.21. The lowest BCUT2D eigenvalue weighted by atomic mass is 9.90. The number of anilines is 1. The summed E-state index contributed by atoms with van der Waals surface area (Å²) < 4.78 is 0. The second-order valence-corrected chi connectivity index (χ2v) is 7.21. The summed E-state index contributed by atoms with van der Waals surface area (Å²) in [6, 6.07) is 2.83. The van der Waals surface area contributed by atoms with Gasteiger partial charge in [0.25, 0.3) is 0 Å². The molecule has 4 nitrogen and oxygen atoms in total. The fourth-order valence-corrected chi connectivity index (χ4v) is 3.89. The van der Waals surface area contributed by atoms with Gasteiger partial charge in [0, 0.05) is 23.9 Å². The van der Waals surface area contributed by atoms with E-state index in [-0.39, 0.29) is 0 Å². The van der Waals surface area contributed by atoms with Gasteiger partial charge in [-0.2, -0.15) is 0 Å². The highest BCUT2D eigenvalue weighted by atomic mass is 15.2. The van der Waals surface area contributed by atoms with Gasteiger partial charge in [-0.3, -0.25) is 0 Å². The van der Waals surface area contributed by atoms with Crippen LogP contribution in [0.15, 0.2) is 12.3 Å². The van der Waals surface area contributed by atoms with E-state index in [1.807, 2.05) is 6.07 Å².